The molecule has 71 heavy (non-hydrogen) atoms. The van der Waals surface area contributed by atoms with Crippen molar-refractivity contribution in [3.05, 3.63) is 99.7 Å². The molecule has 19 heteroatoms. The number of carbonyl (C=O) groups excluding carboxylic acids is 1. The number of nitro benzene ring substituents is 1. The van der Waals surface area contributed by atoms with Crippen LogP contribution in [0.5, 0.6) is 28.9 Å². The number of ether oxygens (including phenoxy) is 4. The number of halogens is 2. The summed E-state index contributed by atoms with van der Waals surface area (Å²) in [4.78, 5) is 37.1. The molecule has 3 aromatic carbocycles. The van der Waals surface area contributed by atoms with Gasteiger partial charge >= 0.3 is 12.3 Å². The summed E-state index contributed by atoms with van der Waals surface area (Å²) < 4.78 is 80.6. The molecule has 1 amide bonds. The number of amides is 1. The Balaban J connectivity index is 0.878. The van der Waals surface area contributed by atoms with Crippen molar-refractivity contribution in [3.8, 4) is 28.9 Å². The average molecular weight is 999 g/mol. The minimum atomic E-state index is -4.83. The minimum absolute atomic E-state index is 0.00613. The number of aromatic nitrogens is 2. The van der Waals surface area contributed by atoms with E-state index < -0.39 is 55.6 Å². The van der Waals surface area contributed by atoms with Crippen LogP contribution in [0.4, 0.5) is 20.2 Å². The van der Waals surface area contributed by atoms with Crippen LogP contribution in [0.25, 0.3) is 11.0 Å². The fraction of sp³-hybridized carbons (Fsp3) is 0.500. The van der Waals surface area contributed by atoms with Crippen LogP contribution >= 0.6 is 0 Å². The molecule has 5 aliphatic rings. The van der Waals surface area contributed by atoms with E-state index in [1.54, 1.807) is 31.3 Å². The third-order valence-corrected chi connectivity index (χ3v) is 16.9. The zero-order valence-corrected chi connectivity index (χ0v) is 40.9. The number of carbonyl (C=O) groups is 1. The van der Waals surface area contributed by atoms with Crippen LogP contribution in [0, 0.1) is 21.4 Å². The highest BCUT2D eigenvalue weighted by Crippen LogP contribution is 2.55. The quantitative estimate of drug-likeness (QED) is 0.0702. The van der Waals surface area contributed by atoms with Crippen molar-refractivity contribution >= 4 is 38.3 Å². The van der Waals surface area contributed by atoms with E-state index in [2.05, 4.69) is 57.9 Å². The van der Waals surface area contributed by atoms with Gasteiger partial charge in [-0.2, -0.15) is 13.8 Å². The van der Waals surface area contributed by atoms with Crippen molar-refractivity contribution in [1.82, 2.24) is 19.6 Å². The third-order valence-electron chi connectivity index (χ3n) is 15.6. The zero-order valence-electron chi connectivity index (χ0n) is 40.1. The van der Waals surface area contributed by atoms with Crippen LogP contribution < -0.4 is 28.6 Å². The number of nitro groups is 1. The Morgan fingerprint density at radius 3 is 2.51 bits per heavy atom. The van der Waals surface area contributed by atoms with Crippen molar-refractivity contribution in [2.24, 2.45) is 11.3 Å². The smallest absolute Gasteiger partial charge is 0.388 e. The summed E-state index contributed by atoms with van der Waals surface area (Å²) >= 11 is 0. The SMILES string of the molecule is CC(C)c1ccccc1[C@H]1CCCN1C1CC2(CCN(c3ccc(C(=O)NS(=O)(=O)c4cc5c(c([N+](=O)[O-])c4)O[C@H](CC4CCC(C)(O)CC4)CO5)c(Oc4cc5cc[nH]c5nc4OC(F)F)c3)CC2)C1. The number of nitrogens with one attached hydrogen (secondary N) is 2. The van der Waals surface area contributed by atoms with E-state index in [1.807, 2.05) is 4.72 Å². The number of hydrogen-bond donors (Lipinski definition) is 3. The largest absolute Gasteiger partial charge is 0.486 e. The summed E-state index contributed by atoms with van der Waals surface area (Å²) in [5, 5.41) is 23.3. The number of aromatic amines is 1. The molecule has 5 heterocycles. The molecule has 16 nitrogen and oxygen atoms in total. The van der Waals surface area contributed by atoms with E-state index in [4.69, 9.17) is 18.9 Å². The molecule has 5 aromatic rings. The van der Waals surface area contributed by atoms with Gasteiger partial charge < -0.3 is 33.9 Å². The summed E-state index contributed by atoms with van der Waals surface area (Å²) in [5.74, 6) is -1.87. The molecular weight excluding hydrogens is 939 g/mol. The van der Waals surface area contributed by atoms with Gasteiger partial charge in [0.25, 0.3) is 21.8 Å². The van der Waals surface area contributed by atoms with Gasteiger partial charge in [-0.15, -0.1) is 0 Å². The number of likely N-dealkylation sites (tertiary alicyclic amines) is 1. The third kappa shape index (κ3) is 10.1. The lowest BCUT2D eigenvalue weighted by Crippen LogP contribution is -2.54. The number of H-pyrrole nitrogens is 1. The number of fused-ring (bicyclic) bond motifs is 2. The Labute approximate surface area is 411 Å². The van der Waals surface area contributed by atoms with Crippen molar-refractivity contribution in [3.63, 3.8) is 0 Å². The fourth-order valence-corrected chi connectivity index (χ4v) is 12.7. The van der Waals surface area contributed by atoms with Gasteiger partial charge in [-0.25, -0.2) is 13.1 Å². The molecule has 0 radical (unpaired) electrons. The van der Waals surface area contributed by atoms with Crippen LogP contribution in [0.3, 0.4) is 0 Å². The van der Waals surface area contributed by atoms with Crippen molar-refractivity contribution in [2.45, 2.75) is 133 Å². The highest BCUT2D eigenvalue weighted by molar-refractivity contribution is 7.90. The number of pyridine rings is 1. The highest BCUT2D eigenvalue weighted by Gasteiger charge is 2.50. The lowest BCUT2D eigenvalue weighted by molar-refractivity contribution is -0.386. The summed E-state index contributed by atoms with van der Waals surface area (Å²) in [6.07, 6.45) is 10.8. The van der Waals surface area contributed by atoms with Crippen LogP contribution in [-0.4, -0.2) is 89.8 Å². The zero-order chi connectivity index (χ0) is 49.8. The minimum Gasteiger partial charge on any atom is -0.486 e. The number of sulfonamides is 1. The number of aliphatic hydroxyl groups is 1. The molecule has 3 aliphatic heterocycles. The second-order valence-electron chi connectivity index (χ2n) is 20.8. The van der Waals surface area contributed by atoms with Crippen LogP contribution in [0.2, 0.25) is 0 Å². The van der Waals surface area contributed by atoms with E-state index in [1.165, 1.54) is 29.7 Å². The normalized spacial score (nSPS) is 23.5. The van der Waals surface area contributed by atoms with E-state index in [9.17, 15) is 37.2 Å². The molecule has 2 atom stereocenters. The van der Waals surface area contributed by atoms with Gasteiger partial charge in [-0.1, -0.05) is 38.1 Å². The lowest BCUT2D eigenvalue weighted by atomic mass is 9.59. The van der Waals surface area contributed by atoms with E-state index in [0.29, 0.717) is 61.4 Å². The molecule has 2 saturated heterocycles. The summed E-state index contributed by atoms with van der Waals surface area (Å²) in [7, 11) is -4.83. The Bertz CT molecular complexity index is 2920. The van der Waals surface area contributed by atoms with Gasteiger partial charge in [0, 0.05) is 60.6 Å². The monoisotopic (exact) mass is 998 g/mol. The fourth-order valence-electron chi connectivity index (χ4n) is 11.7. The molecule has 3 N–H and O–H groups in total. The van der Waals surface area contributed by atoms with E-state index in [-0.39, 0.29) is 52.1 Å². The number of rotatable bonds is 14. The standard InChI is InChI=1S/C52H60F2N6O10S/c1-31(2)38-7-4-5-8-39(38)41-9-6-20-59(41)35-28-52(29-35)17-21-58(22-18-52)34-10-11-40(43(25-34)69-45-24-33-14-19-55-47(33)56-49(45)70-50(53)54)48(61)57-71(65,66)37-26-42(60(63)64)46-44(27-37)67-30-36(68-46)23-32-12-15-51(3,62)16-13-32/h4-5,7-8,10-11,14,19,24-27,31-32,35-36,41,50,62H,6,9,12-13,15-18,20-23,28-30H2,1-3H3,(H,55,56)(H,57,61)/t32?,36-,41-,51?/m1/s1. The van der Waals surface area contributed by atoms with Crippen molar-refractivity contribution in [1.29, 1.82) is 0 Å². The summed E-state index contributed by atoms with van der Waals surface area (Å²) in [6.45, 7) is 5.55. The topological polar surface area (TPSA) is 199 Å². The molecule has 2 aromatic heterocycles. The first-order chi connectivity index (χ1) is 33.9. The molecular formula is C52H60F2N6O10S. The first-order valence-corrected chi connectivity index (χ1v) is 26.2. The maximum atomic E-state index is 14.2. The Kier molecular flexibility index (Phi) is 13.1. The lowest BCUT2D eigenvalue weighted by Gasteiger charge is -2.56. The second kappa shape index (κ2) is 19.2. The average Bonchev–Trinajstić information content (AvgIpc) is 4.01. The van der Waals surface area contributed by atoms with Gasteiger partial charge in [0.1, 0.15) is 24.1 Å². The van der Waals surface area contributed by atoms with Gasteiger partial charge in [-0.3, -0.25) is 19.8 Å². The predicted octanol–water partition coefficient (Wildman–Crippen LogP) is 10.2. The predicted molar refractivity (Wildman–Crippen MR) is 260 cm³/mol. The van der Waals surface area contributed by atoms with Crippen LogP contribution in [0.1, 0.15) is 125 Å². The number of nitrogens with zero attached hydrogens (tertiary/aromatic N) is 4. The first-order valence-electron chi connectivity index (χ1n) is 24.7. The van der Waals surface area contributed by atoms with Gasteiger partial charge in [0.05, 0.1) is 21.0 Å². The Hall–Kier alpha value is -6.05. The maximum absolute atomic E-state index is 14.2. The van der Waals surface area contributed by atoms with Crippen molar-refractivity contribution < 1.29 is 51.0 Å². The Morgan fingerprint density at radius 1 is 1.01 bits per heavy atom. The molecule has 2 saturated carbocycles. The number of anilines is 1. The molecule has 1 spiro atoms. The molecule has 0 bridgehead atoms. The number of alkyl halides is 2. The van der Waals surface area contributed by atoms with Crippen LogP contribution in [-0.2, 0) is 10.0 Å². The second-order valence-corrected chi connectivity index (χ2v) is 22.5. The first kappa shape index (κ1) is 48.6. The molecule has 378 valence electrons. The van der Waals surface area contributed by atoms with E-state index >= 15 is 0 Å². The highest BCUT2D eigenvalue weighted by atomic mass is 32.2. The van der Waals surface area contributed by atoms with Gasteiger partial charge in [0.2, 0.25) is 5.75 Å². The maximum Gasteiger partial charge on any atom is 0.388 e. The molecule has 10 rings (SSSR count). The van der Waals surface area contributed by atoms with E-state index in [0.717, 1.165) is 63.6 Å². The van der Waals surface area contributed by atoms with Crippen molar-refractivity contribution in [2.75, 3.05) is 31.1 Å². The summed E-state index contributed by atoms with van der Waals surface area (Å²) in [6, 6.07) is 19.4. The molecule has 0 unspecified atom stereocenters. The van der Waals surface area contributed by atoms with Crippen LogP contribution in [0.15, 0.2) is 77.8 Å². The number of benzene rings is 3. The van der Waals surface area contributed by atoms with Gasteiger partial charge in [-0.05, 0) is 137 Å². The number of hydrogen-bond acceptors (Lipinski definition) is 13. The Morgan fingerprint density at radius 2 is 1.77 bits per heavy atom. The summed E-state index contributed by atoms with van der Waals surface area (Å²) in [5.41, 5.74) is 2.31. The number of piperidine rings is 1. The molecule has 2 aliphatic carbocycles. The molecule has 4 fully saturated rings. The van der Waals surface area contributed by atoms with Gasteiger partial charge in [0.15, 0.2) is 11.5 Å².